The molecule has 0 aliphatic heterocycles. The number of hydrogen-bond donors (Lipinski definition) is 4. The van der Waals surface area contributed by atoms with Crippen LogP contribution in [0.4, 0.5) is 11.9 Å². The molecule has 0 aliphatic carbocycles. The summed E-state index contributed by atoms with van der Waals surface area (Å²) in [5.74, 6) is 0.252. The second kappa shape index (κ2) is 13.5. The van der Waals surface area contributed by atoms with Crippen LogP contribution in [-0.4, -0.2) is 71.6 Å². The zero-order chi connectivity index (χ0) is 22.5. The number of nitrogens with one attached hydrogen (secondary N) is 2. The number of aliphatic carboxylic acids is 1. The van der Waals surface area contributed by atoms with Gasteiger partial charge in [-0.3, -0.25) is 0 Å². The molecule has 10 heteroatoms. The highest BCUT2D eigenvalue weighted by molar-refractivity contribution is 5.76. The van der Waals surface area contributed by atoms with Crippen molar-refractivity contribution in [3.63, 3.8) is 0 Å². The number of hydrogen-bond acceptors (Lipinski definition) is 9. The Morgan fingerprint density at radius 3 is 2.35 bits per heavy atom. The molecule has 170 valence electrons. The van der Waals surface area contributed by atoms with E-state index in [-0.39, 0.29) is 11.9 Å². The molecule has 0 amide bonds. The molecule has 2 rings (SSSR count). The number of nitrogens with zero attached hydrogens (tertiary/aromatic N) is 3. The Labute approximate surface area is 182 Å². The molecule has 5 N–H and O–H groups in total. The van der Waals surface area contributed by atoms with E-state index in [4.69, 9.17) is 15.2 Å². The number of carboxylic acids is 1. The third-order valence-electron chi connectivity index (χ3n) is 4.14. The Kier molecular flexibility index (Phi) is 10.6. The standard InChI is InChI=1S/C21H32N6O4/c1-15(2)14-17(19(28)29)24-21-26-18(16-6-4-3-5-7-16)25-20(27-21)23-9-11-31-13-12-30-10-8-22/h3-7,15,17H,8-14,22H2,1-2H3,(H,28,29)(H2,23,24,25,26,27)/t17-/m0/s1. The van der Waals surface area contributed by atoms with E-state index >= 15 is 0 Å². The van der Waals surface area contributed by atoms with E-state index in [0.717, 1.165) is 5.56 Å². The number of nitrogens with two attached hydrogens (primary N) is 1. The van der Waals surface area contributed by atoms with E-state index in [9.17, 15) is 9.90 Å². The Balaban J connectivity index is 2.06. The minimum Gasteiger partial charge on any atom is -0.480 e. The maximum atomic E-state index is 11.6. The summed E-state index contributed by atoms with van der Waals surface area (Å²) in [5, 5.41) is 15.6. The Hall–Kier alpha value is -2.82. The molecule has 1 atom stereocenters. The first-order chi connectivity index (χ1) is 15.0. The molecular weight excluding hydrogens is 400 g/mol. The van der Waals surface area contributed by atoms with Gasteiger partial charge in [-0.25, -0.2) is 4.79 Å². The first kappa shape index (κ1) is 24.4. The molecule has 31 heavy (non-hydrogen) atoms. The average Bonchev–Trinajstić information content (AvgIpc) is 2.75. The van der Waals surface area contributed by atoms with Crippen molar-refractivity contribution in [2.75, 3.05) is 50.2 Å². The van der Waals surface area contributed by atoms with E-state index in [0.29, 0.717) is 57.7 Å². The van der Waals surface area contributed by atoms with Crippen LogP contribution in [0.5, 0.6) is 0 Å². The van der Waals surface area contributed by atoms with Gasteiger partial charge in [0, 0.05) is 18.7 Å². The number of rotatable bonds is 15. The van der Waals surface area contributed by atoms with Crippen molar-refractivity contribution in [1.82, 2.24) is 15.0 Å². The minimum atomic E-state index is -0.949. The highest BCUT2D eigenvalue weighted by Crippen LogP contribution is 2.19. The van der Waals surface area contributed by atoms with Gasteiger partial charge in [0.25, 0.3) is 0 Å². The van der Waals surface area contributed by atoms with Crippen molar-refractivity contribution in [2.45, 2.75) is 26.3 Å². The fourth-order valence-corrected chi connectivity index (χ4v) is 2.72. The van der Waals surface area contributed by atoms with Crippen LogP contribution >= 0.6 is 0 Å². The summed E-state index contributed by atoms with van der Waals surface area (Å²) in [7, 11) is 0. The molecule has 1 heterocycles. The summed E-state index contributed by atoms with van der Waals surface area (Å²) in [5.41, 5.74) is 6.16. The van der Waals surface area contributed by atoms with Gasteiger partial charge in [-0.1, -0.05) is 44.2 Å². The van der Waals surface area contributed by atoms with Gasteiger partial charge in [0.1, 0.15) is 6.04 Å². The highest BCUT2D eigenvalue weighted by Gasteiger charge is 2.20. The number of ether oxygens (including phenoxy) is 2. The molecule has 0 radical (unpaired) electrons. The van der Waals surface area contributed by atoms with Crippen molar-refractivity contribution in [3.05, 3.63) is 30.3 Å². The monoisotopic (exact) mass is 432 g/mol. The van der Waals surface area contributed by atoms with Crippen LogP contribution in [0.1, 0.15) is 20.3 Å². The predicted octanol–water partition coefficient (Wildman–Crippen LogP) is 1.85. The molecule has 0 fully saturated rings. The lowest BCUT2D eigenvalue weighted by Crippen LogP contribution is -2.31. The molecule has 0 unspecified atom stereocenters. The van der Waals surface area contributed by atoms with Crippen LogP contribution in [0.3, 0.4) is 0 Å². The summed E-state index contributed by atoms with van der Waals surface area (Å²) >= 11 is 0. The quantitative estimate of drug-likeness (QED) is 0.308. The molecule has 2 aromatic rings. The van der Waals surface area contributed by atoms with Gasteiger partial charge in [-0.05, 0) is 12.3 Å². The van der Waals surface area contributed by atoms with Gasteiger partial charge in [0.2, 0.25) is 11.9 Å². The van der Waals surface area contributed by atoms with Crippen LogP contribution < -0.4 is 16.4 Å². The van der Waals surface area contributed by atoms with Crippen molar-refractivity contribution in [2.24, 2.45) is 11.7 Å². The van der Waals surface area contributed by atoms with Gasteiger partial charge in [-0.2, -0.15) is 15.0 Å². The van der Waals surface area contributed by atoms with Crippen LogP contribution in [-0.2, 0) is 14.3 Å². The summed E-state index contributed by atoms with van der Waals surface area (Å²) in [6, 6.07) is 8.65. The number of carboxylic acid groups (broad SMARTS) is 1. The highest BCUT2D eigenvalue weighted by atomic mass is 16.5. The fourth-order valence-electron chi connectivity index (χ4n) is 2.72. The summed E-state index contributed by atoms with van der Waals surface area (Å²) in [6.07, 6.45) is 0.449. The first-order valence-electron chi connectivity index (χ1n) is 10.4. The number of aromatic nitrogens is 3. The van der Waals surface area contributed by atoms with Gasteiger partial charge in [0.05, 0.1) is 26.4 Å². The van der Waals surface area contributed by atoms with Gasteiger partial charge < -0.3 is 30.9 Å². The van der Waals surface area contributed by atoms with Gasteiger partial charge >= 0.3 is 5.97 Å². The first-order valence-corrected chi connectivity index (χ1v) is 10.4. The normalized spacial score (nSPS) is 12.0. The summed E-state index contributed by atoms with van der Waals surface area (Å²) in [6.45, 7) is 6.80. The van der Waals surface area contributed by atoms with E-state index in [2.05, 4.69) is 25.6 Å². The van der Waals surface area contributed by atoms with Crippen LogP contribution in [0, 0.1) is 5.92 Å². The zero-order valence-corrected chi connectivity index (χ0v) is 18.1. The van der Waals surface area contributed by atoms with E-state index < -0.39 is 12.0 Å². The van der Waals surface area contributed by atoms with Crippen molar-refractivity contribution < 1.29 is 19.4 Å². The summed E-state index contributed by atoms with van der Waals surface area (Å²) < 4.78 is 10.7. The third kappa shape index (κ3) is 9.24. The molecule has 0 bridgehead atoms. The molecule has 10 nitrogen and oxygen atoms in total. The van der Waals surface area contributed by atoms with Crippen molar-refractivity contribution >= 4 is 17.9 Å². The molecule has 1 aromatic carbocycles. The van der Waals surface area contributed by atoms with Crippen LogP contribution in [0.2, 0.25) is 0 Å². The maximum absolute atomic E-state index is 11.6. The van der Waals surface area contributed by atoms with Crippen molar-refractivity contribution in [1.29, 1.82) is 0 Å². The second-order valence-electron chi connectivity index (χ2n) is 7.28. The smallest absolute Gasteiger partial charge is 0.326 e. The van der Waals surface area contributed by atoms with Crippen molar-refractivity contribution in [3.8, 4) is 11.4 Å². The zero-order valence-electron chi connectivity index (χ0n) is 18.1. The number of carbonyl (C=O) groups is 1. The summed E-state index contributed by atoms with van der Waals surface area (Å²) in [4.78, 5) is 24.9. The Morgan fingerprint density at radius 1 is 1.03 bits per heavy atom. The number of benzene rings is 1. The largest absolute Gasteiger partial charge is 0.480 e. The second-order valence-corrected chi connectivity index (χ2v) is 7.28. The fraction of sp³-hybridized carbons (Fsp3) is 0.524. The maximum Gasteiger partial charge on any atom is 0.326 e. The molecule has 0 saturated heterocycles. The molecule has 0 aliphatic rings. The average molecular weight is 433 g/mol. The Bertz CT molecular complexity index is 791. The lowest BCUT2D eigenvalue weighted by molar-refractivity contribution is -0.138. The number of anilines is 2. The van der Waals surface area contributed by atoms with E-state index in [1.807, 2.05) is 44.2 Å². The van der Waals surface area contributed by atoms with E-state index in [1.165, 1.54) is 0 Å². The van der Waals surface area contributed by atoms with Crippen LogP contribution in [0.15, 0.2) is 30.3 Å². The lowest BCUT2D eigenvalue weighted by atomic mass is 10.0. The predicted molar refractivity (Wildman–Crippen MR) is 119 cm³/mol. The van der Waals surface area contributed by atoms with Gasteiger partial charge in [-0.15, -0.1) is 0 Å². The molecule has 1 aromatic heterocycles. The molecular formula is C21H32N6O4. The van der Waals surface area contributed by atoms with Gasteiger partial charge in [0.15, 0.2) is 5.82 Å². The third-order valence-corrected chi connectivity index (χ3v) is 4.14. The Morgan fingerprint density at radius 2 is 1.71 bits per heavy atom. The molecule has 0 saturated carbocycles. The SMILES string of the molecule is CC(C)C[C@H](Nc1nc(NCCOCCOCCN)nc(-c2ccccc2)n1)C(=O)O. The minimum absolute atomic E-state index is 0.201. The van der Waals surface area contributed by atoms with E-state index in [1.54, 1.807) is 0 Å². The topological polar surface area (TPSA) is 145 Å². The lowest BCUT2D eigenvalue weighted by Gasteiger charge is -2.17. The molecule has 0 spiro atoms. The van der Waals surface area contributed by atoms with Crippen LogP contribution in [0.25, 0.3) is 11.4 Å².